The normalized spacial score (nSPS) is 15.7. The monoisotopic (exact) mass is 369 g/mol. The number of aromatic nitrogens is 2. The second kappa shape index (κ2) is 6.27. The van der Waals surface area contributed by atoms with Crippen LogP contribution in [0.4, 0.5) is 10.3 Å². The van der Waals surface area contributed by atoms with Crippen LogP contribution in [0.5, 0.6) is 11.5 Å². The molecular weight excluding hydrogens is 353 g/mol. The Morgan fingerprint density at radius 3 is 2.48 bits per heavy atom. The number of fused-ring (bicyclic) bond motifs is 3. The van der Waals surface area contributed by atoms with Gasteiger partial charge >= 0.3 is 0 Å². The lowest BCUT2D eigenvalue weighted by molar-refractivity contribution is 0.355. The van der Waals surface area contributed by atoms with Crippen LogP contribution in [0.15, 0.2) is 46.2 Å². The van der Waals surface area contributed by atoms with Gasteiger partial charge in [-0.1, -0.05) is 12.1 Å². The highest BCUT2D eigenvalue weighted by molar-refractivity contribution is 5.94. The van der Waals surface area contributed by atoms with Crippen molar-refractivity contribution in [3.05, 3.63) is 58.1 Å². The first-order chi connectivity index (χ1) is 13.0. The SMILES string of the molecule is COc1cc2c(=O)nc3n(c2cc1OC)[C@H](c1ccc(F)cc1)N=C(N)N3. The van der Waals surface area contributed by atoms with Gasteiger partial charge < -0.3 is 15.2 Å². The predicted octanol–water partition coefficient (Wildman–Crippen LogP) is 1.84. The average molecular weight is 369 g/mol. The molecule has 1 aliphatic rings. The van der Waals surface area contributed by atoms with E-state index in [-0.39, 0.29) is 17.7 Å². The van der Waals surface area contributed by atoms with Crippen LogP contribution < -0.4 is 26.1 Å². The molecule has 27 heavy (non-hydrogen) atoms. The standard InChI is InChI=1S/C18H16FN5O3/c1-26-13-7-11-12(8-14(13)27-2)24-15(9-3-5-10(19)6-4-9)21-17(20)23-18(24)22-16(11)25/h3-8,15H,1-2H3,(H3,20,21,22,23,25)/t15-/m1/s1. The number of anilines is 1. The fourth-order valence-electron chi connectivity index (χ4n) is 3.09. The molecule has 0 unspecified atom stereocenters. The van der Waals surface area contributed by atoms with Gasteiger partial charge in [0.15, 0.2) is 23.6 Å². The Morgan fingerprint density at radius 2 is 1.81 bits per heavy atom. The summed E-state index contributed by atoms with van der Waals surface area (Å²) in [6.07, 6.45) is -0.629. The summed E-state index contributed by atoms with van der Waals surface area (Å²) in [6.45, 7) is 0. The molecule has 1 atom stereocenters. The smallest absolute Gasteiger partial charge is 0.282 e. The first-order valence-corrected chi connectivity index (χ1v) is 8.06. The molecule has 0 spiro atoms. The van der Waals surface area contributed by atoms with E-state index in [1.165, 1.54) is 26.4 Å². The molecule has 0 bridgehead atoms. The third-order valence-corrected chi connectivity index (χ3v) is 4.34. The maximum Gasteiger partial charge on any atom is 0.282 e. The molecule has 0 fully saturated rings. The average Bonchev–Trinajstić information content (AvgIpc) is 2.66. The molecule has 3 aromatic rings. The Bertz CT molecular complexity index is 1120. The fraction of sp³-hybridized carbons (Fsp3) is 0.167. The number of methoxy groups -OCH3 is 2. The maximum atomic E-state index is 13.4. The molecule has 2 heterocycles. The van der Waals surface area contributed by atoms with Crippen LogP contribution in [0.2, 0.25) is 0 Å². The quantitative estimate of drug-likeness (QED) is 0.730. The van der Waals surface area contributed by atoms with Crippen molar-refractivity contribution < 1.29 is 13.9 Å². The molecule has 2 aromatic carbocycles. The summed E-state index contributed by atoms with van der Waals surface area (Å²) in [6, 6.07) is 9.14. The Kier molecular flexibility index (Phi) is 3.91. The number of hydrogen-bond acceptors (Lipinski definition) is 7. The maximum absolute atomic E-state index is 13.4. The minimum absolute atomic E-state index is 0.107. The van der Waals surface area contributed by atoms with Gasteiger partial charge in [-0.05, 0) is 23.8 Å². The zero-order chi connectivity index (χ0) is 19.1. The van der Waals surface area contributed by atoms with Crippen LogP contribution in [-0.2, 0) is 0 Å². The van der Waals surface area contributed by atoms with E-state index in [1.807, 2.05) is 0 Å². The van der Waals surface area contributed by atoms with Crippen LogP contribution in [0.1, 0.15) is 11.7 Å². The van der Waals surface area contributed by atoms with Crippen molar-refractivity contribution in [3.63, 3.8) is 0 Å². The summed E-state index contributed by atoms with van der Waals surface area (Å²) in [4.78, 5) is 21.0. The number of nitrogens with two attached hydrogens (primary N) is 1. The van der Waals surface area contributed by atoms with Gasteiger partial charge in [0.25, 0.3) is 5.56 Å². The van der Waals surface area contributed by atoms with Gasteiger partial charge in [-0.25, -0.2) is 9.38 Å². The molecule has 1 aliphatic heterocycles. The van der Waals surface area contributed by atoms with Gasteiger partial charge in [-0.2, -0.15) is 4.98 Å². The minimum atomic E-state index is -0.629. The van der Waals surface area contributed by atoms with Gasteiger partial charge in [0.05, 0.1) is 25.1 Å². The number of hydrogen-bond donors (Lipinski definition) is 2. The fourth-order valence-corrected chi connectivity index (χ4v) is 3.09. The molecule has 8 nitrogen and oxygen atoms in total. The van der Waals surface area contributed by atoms with E-state index < -0.39 is 11.7 Å². The third-order valence-electron chi connectivity index (χ3n) is 4.34. The van der Waals surface area contributed by atoms with Crippen molar-refractivity contribution in [1.82, 2.24) is 9.55 Å². The largest absolute Gasteiger partial charge is 0.493 e. The summed E-state index contributed by atoms with van der Waals surface area (Å²) in [5.74, 6) is 0.844. The highest BCUT2D eigenvalue weighted by Crippen LogP contribution is 2.35. The van der Waals surface area contributed by atoms with Crippen LogP contribution >= 0.6 is 0 Å². The Morgan fingerprint density at radius 1 is 1.15 bits per heavy atom. The first kappa shape index (κ1) is 16.8. The number of benzene rings is 2. The second-order valence-corrected chi connectivity index (χ2v) is 5.90. The third kappa shape index (κ3) is 2.73. The van der Waals surface area contributed by atoms with Crippen molar-refractivity contribution in [3.8, 4) is 11.5 Å². The van der Waals surface area contributed by atoms with Gasteiger partial charge in [0.2, 0.25) is 5.95 Å². The Labute approximate surface area is 153 Å². The molecule has 0 saturated carbocycles. The molecule has 9 heteroatoms. The summed E-state index contributed by atoms with van der Waals surface area (Å²) in [5.41, 5.74) is 6.63. The summed E-state index contributed by atoms with van der Waals surface area (Å²) in [7, 11) is 2.99. The lowest BCUT2D eigenvalue weighted by Gasteiger charge is -2.27. The van der Waals surface area contributed by atoms with E-state index in [9.17, 15) is 9.18 Å². The van der Waals surface area contributed by atoms with Gasteiger partial charge in [-0.3, -0.25) is 14.7 Å². The number of rotatable bonds is 3. The molecule has 0 saturated heterocycles. The molecule has 0 aliphatic carbocycles. The zero-order valence-electron chi connectivity index (χ0n) is 14.6. The molecule has 0 radical (unpaired) electrons. The van der Waals surface area contributed by atoms with Gasteiger partial charge in [0.1, 0.15) is 5.82 Å². The predicted molar refractivity (Wildman–Crippen MR) is 98.9 cm³/mol. The molecule has 1 aromatic heterocycles. The molecular formula is C18H16FN5O3. The van der Waals surface area contributed by atoms with E-state index in [0.29, 0.717) is 28.0 Å². The summed E-state index contributed by atoms with van der Waals surface area (Å²) in [5, 5.41) is 3.14. The van der Waals surface area contributed by atoms with Crippen molar-refractivity contribution in [1.29, 1.82) is 0 Å². The van der Waals surface area contributed by atoms with Crippen molar-refractivity contribution in [2.24, 2.45) is 10.7 Å². The second-order valence-electron chi connectivity index (χ2n) is 5.90. The van der Waals surface area contributed by atoms with Gasteiger partial charge in [0, 0.05) is 6.07 Å². The highest BCUT2D eigenvalue weighted by Gasteiger charge is 2.26. The topological polar surface area (TPSA) is 104 Å². The summed E-state index contributed by atoms with van der Waals surface area (Å²) < 4.78 is 25.7. The number of nitrogens with one attached hydrogen (secondary N) is 1. The van der Waals surface area contributed by atoms with E-state index in [4.69, 9.17) is 15.2 Å². The van der Waals surface area contributed by atoms with E-state index >= 15 is 0 Å². The Balaban J connectivity index is 2.04. The molecule has 0 amide bonds. The number of ether oxygens (including phenoxy) is 2. The summed E-state index contributed by atoms with van der Waals surface area (Å²) >= 11 is 0. The molecule has 3 N–H and O–H groups in total. The number of halogens is 1. The van der Waals surface area contributed by atoms with E-state index in [2.05, 4.69) is 15.3 Å². The minimum Gasteiger partial charge on any atom is -0.493 e. The molecule has 4 rings (SSSR count). The number of aliphatic imine (C=N–C) groups is 1. The van der Waals surface area contributed by atoms with E-state index in [1.54, 1.807) is 28.8 Å². The van der Waals surface area contributed by atoms with Gasteiger partial charge in [-0.15, -0.1) is 0 Å². The Hall–Kier alpha value is -3.62. The van der Waals surface area contributed by atoms with Crippen molar-refractivity contribution >= 4 is 22.8 Å². The van der Waals surface area contributed by atoms with Crippen molar-refractivity contribution in [2.45, 2.75) is 6.17 Å². The van der Waals surface area contributed by atoms with Crippen molar-refractivity contribution in [2.75, 3.05) is 19.5 Å². The first-order valence-electron chi connectivity index (χ1n) is 8.06. The van der Waals surface area contributed by atoms with Crippen LogP contribution in [0.3, 0.4) is 0 Å². The van der Waals surface area contributed by atoms with Crippen LogP contribution in [-0.4, -0.2) is 29.7 Å². The van der Waals surface area contributed by atoms with Crippen LogP contribution in [0.25, 0.3) is 10.9 Å². The lowest BCUT2D eigenvalue weighted by atomic mass is 10.1. The zero-order valence-corrected chi connectivity index (χ0v) is 14.6. The molecule has 138 valence electrons. The number of nitrogens with zero attached hydrogens (tertiary/aromatic N) is 3. The number of guanidine groups is 1. The van der Waals surface area contributed by atoms with Crippen LogP contribution in [0, 0.1) is 5.82 Å². The lowest BCUT2D eigenvalue weighted by Crippen LogP contribution is -2.34. The highest BCUT2D eigenvalue weighted by atomic mass is 19.1. The van der Waals surface area contributed by atoms with E-state index in [0.717, 1.165) is 0 Å².